The van der Waals surface area contributed by atoms with Crippen molar-refractivity contribution in [3.63, 3.8) is 0 Å². The van der Waals surface area contributed by atoms with Crippen LogP contribution >= 0.6 is 11.6 Å². The lowest BCUT2D eigenvalue weighted by atomic mass is 10.1. The van der Waals surface area contributed by atoms with Crippen molar-refractivity contribution in [3.8, 4) is 5.75 Å². The Morgan fingerprint density at radius 2 is 2.12 bits per heavy atom. The second-order valence-corrected chi connectivity index (χ2v) is 7.03. The van der Waals surface area contributed by atoms with Crippen LogP contribution in [0, 0.1) is 5.92 Å². The average Bonchev–Trinajstić information content (AvgIpc) is 2.59. The molecule has 0 aliphatic carbocycles. The monoisotopic (exact) mass is 371 g/mol. The molecule has 1 aromatic carbocycles. The summed E-state index contributed by atoms with van der Waals surface area (Å²) in [7, 11) is 0. The Bertz CT molecular complexity index is 568. The van der Waals surface area contributed by atoms with Gasteiger partial charge in [0.2, 0.25) is 0 Å². The predicted octanol–water partition coefficient (Wildman–Crippen LogP) is 2.42. The molecule has 0 radical (unpaired) electrons. The van der Waals surface area contributed by atoms with Gasteiger partial charge in [-0.1, -0.05) is 31.5 Å². The number of carbonyl (C=O) groups is 1. The first-order chi connectivity index (χ1) is 11.9. The predicted molar refractivity (Wildman–Crippen MR) is 94.8 cm³/mol. The lowest BCUT2D eigenvalue weighted by molar-refractivity contribution is -0.158. The molecule has 6 nitrogen and oxygen atoms in total. The fraction of sp³-hybridized carbons (Fsp3) is 0.611. The minimum Gasteiger partial charge on any atom is -0.484 e. The number of rotatable bonds is 5. The summed E-state index contributed by atoms with van der Waals surface area (Å²) >= 11 is 6.03. The largest absolute Gasteiger partial charge is 0.484 e. The summed E-state index contributed by atoms with van der Waals surface area (Å²) in [6.07, 6.45) is -1.52. The first-order valence-corrected chi connectivity index (χ1v) is 8.82. The second kappa shape index (κ2) is 9.38. The smallest absolute Gasteiger partial charge is 0.325 e. The molecule has 1 aliphatic heterocycles. The van der Waals surface area contributed by atoms with Crippen molar-refractivity contribution < 1.29 is 23.7 Å². The molecule has 7 heteroatoms. The van der Waals surface area contributed by atoms with Crippen LogP contribution in [0.15, 0.2) is 24.3 Å². The highest BCUT2D eigenvalue weighted by Gasteiger charge is 2.35. The fourth-order valence-electron chi connectivity index (χ4n) is 2.44. The molecule has 2 N–H and O–H groups in total. The Kier molecular flexibility index (Phi) is 7.50. The summed E-state index contributed by atoms with van der Waals surface area (Å²) in [6.45, 7) is 6.75. The zero-order valence-electron chi connectivity index (χ0n) is 14.8. The number of cyclic esters (lactones) is 1. The van der Waals surface area contributed by atoms with E-state index >= 15 is 0 Å². The standard InChI is InChI=1S/C18H26ClNO5/c1-11(2)8-23-16-10-22-9-15(20)18(21)24-12(3)17(16)25-14-6-4-5-13(19)7-14/h4-7,11-12,15-17H,8-10,20H2,1-3H3/t12-,15-,16-,17-/m0/s1. The van der Waals surface area contributed by atoms with Crippen molar-refractivity contribution in [3.05, 3.63) is 29.3 Å². The van der Waals surface area contributed by atoms with Gasteiger partial charge in [0.25, 0.3) is 0 Å². The lowest BCUT2D eigenvalue weighted by Gasteiger charge is -2.31. The normalized spacial score (nSPS) is 28.0. The maximum absolute atomic E-state index is 12.0. The van der Waals surface area contributed by atoms with E-state index in [9.17, 15) is 4.79 Å². The minimum absolute atomic E-state index is 0.0803. The molecule has 1 aromatic rings. The van der Waals surface area contributed by atoms with Crippen LogP contribution < -0.4 is 10.5 Å². The van der Waals surface area contributed by atoms with Gasteiger partial charge in [-0.3, -0.25) is 4.79 Å². The van der Waals surface area contributed by atoms with E-state index < -0.39 is 30.3 Å². The highest BCUT2D eigenvalue weighted by Crippen LogP contribution is 2.23. The molecule has 0 aromatic heterocycles. The van der Waals surface area contributed by atoms with Crippen molar-refractivity contribution in [2.45, 2.75) is 45.1 Å². The van der Waals surface area contributed by atoms with Gasteiger partial charge in [0.05, 0.1) is 13.2 Å². The third-order valence-electron chi connectivity index (χ3n) is 3.73. The van der Waals surface area contributed by atoms with E-state index in [1.54, 1.807) is 31.2 Å². The number of benzene rings is 1. The summed E-state index contributed by atoms with van der Waals surface area (Å²) in [4.78, 5) is 12.0. The van der Waals surface area contributed by atoms with Gasteiger partial charge >= 0.3 is 5.97 Å². The molecular weight excluding hydrogens is 346 g/mol. The van der Waals surface area contributed by atoms with Crippen LogP contribution in [0.1, 0.15) is 20.8 Å². The maximum Gasteiger partial charge on any atom is 0.325 e. The molecule has 0 amide bonds. The van der Waals surface area contributed by atoms with Crippen molar-refractivity contribution in [2.75, 3.05) is 19.8 Å². The van der Waals surface area contributed by atoms with Crippen LogP contribution in [0.25, 0.3) is 0 Å². The first-order valence-electron chi connectivity index (χ1n) is 8.44. The van der Waals surface area contributed by atoms with Crippen molar-refractivity contribution >= 4 is 17.6 Å². The van der Waals surface area contributed by atoms with E-state index in [4.69, 9.17) is 36.3 Å². The SMILES string of the molecule is CC(C)CO[C@H]1COC[C@H](N)C(=O)O[C@@H](C)[C@@H]1Oc1cccc(Cl)c1. The molecule has 0 bridgehead atoms. The van der Waals surface area contributed by atoms with Gasteiger partial charge in [0.15, 0.2) is 6.10 Å². The quantitative estimate of drug-likeness (QED) is 0.801. The molecule has 140 valence electrons. The van der Waals surface area contributed by atoms with Gasteiger partial charge in [-0.05, 0) is 31.0 Å². The van der Waals surface area contributed by atoms with Gasteiger partial charge in [0, 0.05) is 11.6 Å². The van der Waals surface area contributed by atoms with Crippen molar-refractivity contribution in [1.82, 2.24) is 0 Å². The molecule has 1 saturated heterocycles. The Hall–Kier alpha value is -1.34. The second-order valence-electron chi connectivity index (χ2n) is 6.59. The van der Waals surface area contributed by atoms with Crippen LogP contribution in [-0.4, -0.2) is 50.1 Å². The molecule has 4 atom stereocenters. The lowest BCUT2D eigenvalue weighted by Crippen LogP contribution is -2.46. The molecule has 1 aliphatic rings. The number of esters is 1. The highest BCUT2D eigenvalue weighted by molar-refractivity contribution is 6.30. The van der Waals surface area contributed by atoms with E-state index in [0.717, 1.165) is 0 Å². The Morgan fingerprint density at radius 3 is 2.80 bits per heavy atom. The molecular formula is C18H26ClNO5. The third-order valence-corrected chi connectivity index (χ3v) is 3.96. The highest BCUT2D eigenvalue weighted by atomic mass is 35.5. The number of hydrogen-bond acceptors (Lipinski definition) is 6. The van der Waals surface area contributed by atoms with E-state index in [-0.39, 0.29) is 13.2 Å². The summed E-state index contributed by atoms with van der Waals surface area (Å²) in [6, 6.07) is 6.22. The number of halogens is 1. The van der Waals surface area contributed by atoms with Crippen LogP contribution in [0.3, 0.4) is 0 Å². The Labute approximate surface area is 153 Å². The first kappa shape index (κ1) is 20.0. The zero-order chi connectivity index (χ0) is 18.4. The van der Waals surface area contributed by atoms with Crippen LogP contribution in [0.5, 0.6) is 5.75 Å². The molecule has 0 saturated carbocycles. The third kappa shape index (κ3) is 6.15. The topological polar surface area (TPSA) is 80.0 Å². The minimum atomic E-state index is -0.821. The summed E-state index contributed by atoms with van der Waals surface area (Å²) < 4.78 is 23.1. The van der Waals surface area contributed by atoms with Gasteiger partial charge in [-0.2, -0.15) is 0 Å². The molecule has 0 spiro atoms. The number of nitrogens with two attached hydrogens (primary N) is 1. The van der Waals surface area contributed by atoms with Crippen molar-refractivity contribution in [2.24, 2.45) is 11.7 Å². The zero-order valence-corrected chi connectivity index (χ0v) is 15.6. The van der Waals surface area contributed by atoms with E-state index in [0.29, 0.717) is 23.3 Å². The van der Waals surface area contributed by atoms with Crippen LogP contribution in [0.2, 0.25) is 5.02 Å². The maximum atomic E-state index is 12.0. The molecule has 1 heterocycles. The number of hydrogen-bond donors (Lipinski definition) is 1. The van der Waals surface area contributed by atoms with Crippen LogP contribution in [-0.2, 0) is 19.0 Å². The summed E-state index contributed by atoms with van der Waals surface area (Å²) in [5.74, 6) is 0.401. The molecule has 2 rings (SSSR count). The summed E-state index contributed by atoms with van der Waals surface area (Å²) in [5.41, 5.74) is 5.77. The summed E-state index contributed by atoms with van der Waals surface area (Å²) in [5, 5.41) is 0.558. The van der Waals surface area contributed by atoms with E-state index in [1.807, 2.05) is 0 Å². The van der Waals surface area contributed by atoms with E-state index in [1.165, 1.54) is 0 Å². The average molecular weight is 372 g/mol. The van der Waals surface area contributed by atoms with Gasteiger partial charge in [-0.15, -0.1) is 0 Å². The van der Waals surface area contributed by atoms with Gasteiger partial charge in [0.1, 0.15) is 24.0 Å². The van der Waals surface area contributed by atoms with Crippen LogP contribution in [0.4, 0.5) is 0 Å². The molecule has 0 unspecified atom stereocenters. The van der Waals surface area contributed by atoms with E-state index in [2.05, 4.69) is 13.8 Å². The Balaban J connectivity index is 2.21. The molecule has 25 heavy (non-hydrogen) atoms. The Morgan fingerprint density at radius 1 is 1.36 bits per heavy atom. The van der Waals surface area contributed by atoms with Gasteiger partial charge in [-0.25, -0.2) is 0 Å². The number of carbonyl (C=O) groups excluding carboxylic acids is 1. The van der Waals surface area contributed by atoms with Crippen molar-refractivity contribution in [1.29, 1.82) is 0 Å². The van der Waals surface area contributed by atoms with Gasteiger partial charge < -0.3 is 24.7 Å². The molecule has 1 fully saturated rings. The fourth-order valence-corrected chi connectivity index (χ4v) is 2.62. The number of ether oxygens (including phenoxy) is 4.